The number of benzene rings is 1. The van der Waals surface area contributed by atoms with E-state index in [4.69, 9.17) is 9.88 Å². The van der Waals surface area contributed by atoms with Gasteiger partial charge in [-0.2, -0.15) is 0 Å². The second-order valence-electron chi connectivity index (χ2n) is 5.20. The Labute approximate surface area is 143 Å². The zero-order valence-corrected chi connectivity index (χ0v) is 14.6. The summed E-state index contributed by atoms with van der Waals surface area (Å²) in [7, 11) is -3.83. The first-order valence-electron chi connectivity index (χ1n) is 7.05. The topological polar surface area (TPSA) is 85.5 Å². The second kappa shape index (κ2) is 6.56. The van der Waals surface area contributed by atoms with E-state index in [1.807, 2.05) is 29.2 Å². The summed E-state index contributed by atoms with van der Waals surface area (Å²) in [6, 6.07) is 10.9. The number of anilines is 1. The van der Waals surface area contributed by atoms with Crippen molar-refractivity contribution in [3.63, 3.8) is 0 Å². The SMILES string of the molecule is NS(=O)(=O)c1cccnc1N1CCO[C@H](c2ccccc2Br)C1. The minimum absolute atomic E-state index is 0.0350. The molecule has 6 nitrogen and oxygen atoms in total. The third-order valence-electron chi connectivity index (χ3n) is 3.68. The number of primary sulfonamides is 1. The normalized spacial score (nSPS) is 18.9. The van der Waals surface area contributed by atoms with Gasteiger partial charge in [0.05, 0.1) is 6.61 Å². The number of nitrogens with two attached hydrogens (primary N) is 1. The number of morpholine rings is 1. The fourth-order valence-electron chi connectivity index (χ4n) is 2.61. The molecule has 1 atom stereocenters. The molecule has 1 fully saturated rings. The summed E-state index contributed by atoms with van der Waals surface area (Å²) in [4.78, 5) is 6.15. The Bertz CT molecular complexity index is 813. The molecule has 8 heteroatoms. The van der Waals surface area contributed by atoms with Crippen LogP contribution in [-0.4, -0.2) is 33.1 Å². The van der Waals surface area contributed by atoms with Crippen LogP contribution in [0.3, 0.4) is 0 Å². The number of aromatic nitrogens is 1. The first kappa shape index (κ1) is 16.4. The van der Waals surface area contributed by atoms with E-state index >= 15 is 0 Å². The highest BCUT2D eigenvalue weighted by molar-refractivity contribution is 9.10. The molecule has 1 saturated heterocycles. The number of halogens is 1. The fourth-order valence-corrected chi connectivity index (χ4v) is 3.85. The number of rotatable bonds is 3. The zero-order valence-electron chi connectivity index (χ0n) is 12.2. The van der Waals surface area contributed by atoms with Crippen molar-refractivity contribution in [1.29, 1.82) is 0 Å². The van der Waals surface area contributed by atoms with Crippen molar-refractivity contribution in [1.82, 2.24) is 4.98 Å². The van der Waals surface area contributed by atoms with Gasteiger partial charge >= 0.3 is 0 Å². The van der Waals surface area contributed by atoms with Crippen LogP contribution < -0.4 is 10.0 Å². The highest BCUT2D eigenvalue weighted by Crippen LogP contribution is 2.31. The lowest BCUT2D eigenvalue weighted by Crippen LogP contribution is -2.40. The van der Waals surface area contributed by atoms with Crippen LogP contribution in [-0.2, 0) is 14.8 Å². The molecule has 3 rings (SSSR count). The van der Waals surface area contributed by atoms with Crippen molar-refractivity contribution in [3.05, 3.63) is 52.6 Å². The Morgan fingerprint density at radius 1 is 1.26 bits per heavy atom. The van der Waals surface area contributed by atoms with Crippen molar-refractivity contribution in [2.75, 3.05) is 24.6 Å². The molecule has 0 aliphatic carbocycles. The summed E-state index contributed by atoms with van der Waals surface area (Å²) < 4.78 is 30.3. The van der Waals surface area contributed by atoms with Crippen LogP contribution in [0.15, 0.2) is 52.0 Å². The van der Waals surface area contributed by atoms with E-state index in [1.54, 1.807) is 12.3 Å². The third kappa shape index (κ3) is 3.55. The maximum Gasteiger partial charge on any atom is 0.241 e. The highest BCUT2D eigenvalue weighted by Gasteiger charge is 2.27. The summed E-state index contributed by atoms with van der Waals surface area (Å²) in [6.45, 7) is 1.54. The Morgan fingerprint density at radius 3 is 2.78 bits per heavy atom. The summed E-state index contributed by atoms with van der Waals surface area (Å²) in [6.07, 6.45) is 1.39. The summed E-state index contributed by atoms with van der Waals surface area (Å²) >= 11 is 3.52. The van der Waals surface area contributed by atoms with Gasteiger partial charge in [0, 0.05) is 23.8 Å². The molecule has 1 aromatic heterocycles. The average Bonchev–Trinajstić information content (AvgIpc) is 2.55. The lowest BCUT2D eigenvalue weighted by molar-refractivity contribution is 0.0389. The van der Waals surface area contributed by atoms with Gasteiger partial charge in [0.1, 0.15) is 16.8 Å². The molecule has 122 valence electrons. The number of nitrogens with zero attached hydrogens (tertiary/aromatic N) is 2. The van der Waals surface area contributed by atoms with Crippen LogP contribution in [0.5, 0.6) is 0 Å². The van der Waals surface area contributed by atoms with Crippen molar-refractivity contribution < 1.29 is 13.2 Å². The fraction of sp³-hybridized carbons (Fsp3) is 0.267. The summed E-state index contributed by atoms with van der Waals surface area (Å²) in [5.74, 6) is 0.371. The van der Waals surface area contributed by atoms with E-state index in [-0.39, 0.29) is 11.0 Å². The van der Waals surface area contributed by atoms with Gasteiger partial charge < -0.3 is 9.64 Å². The van der Waals surface area contributed by atoms with Gasteiger partial charge in [0.15, 0.2) is 0 Å². The number of pyridine rings is 1. The molecule has 0 unspecified atom stereocenters. The quantitative estimate of drug-likeness (QED) is 0.856. The van der Waals surface area contributed by atoms with Crippen LogP contribution in [0.25, 0.3) is 0 Å². The van der Waals surface area contributed by atoms with Crippen LogP contribution in [0.1, 0.15) is 11.7 Å². The van der Waals surface area contributed by atoms with Crippen molar-refractivity contribution in [3.8, 4) is 0 Å². The predicted octanol–water partition coefficient (Wildman–Crippen LogP) is 2.07. The summed E-state index contributed by atoms with van der Waals surface area (Å²) in [5, 5.41) is 5.30. The van der Waals surface area contributed by atoms with E-state index in [1.165, 1.54) is 6.07 Å². The van der Waals surface area contributed by atoms with Gasteiger partial charge in [-0.05, 0) is 23.8 Å². The van der Waals surface area contributed by atoms with Crippen LogP contribution in [0.2, 0.25) is 0 Å². The van der Waals surface area contributed by atoms with E-state index < -0.39 is 10.0 Å². The molecule has 0 bridgehead atoms. The molecule has 0 saturated carbocycles. The minimum atomic E-state index is -3.83. The molecule has 2 N–H and O–H groups in total. The molecule has 1 aliphatic rings. The van der Waals surface area contributed by atoms with Crippen LogP contribution >= 0.6 is 15.9 Å². The molecular weight excluding hydrogens is 382 g/mol. The molecule has 0 radical (unpaired) electrons. The van der Waals surface area contributed by atoms with Crippen molar-refractivity contribution >= 4 is 31.8 Å². The lowest BCUT2D eigenvalue weighted by atomic mass is 10.1. The van der Waals surface area contributed by atoms with Crippen LogP contribution in [0, 0.1) is 0 Å². The average molecular weight is 398 g/mol. The minimum Gasteiger partial charge on any atom is -0.370 e. The smallest absolute Gasteiger partial charge is 0.241 e. The van der Waals surface area contributed by atoms with Crippen molar-refractivity contribution in [2.45, 2.75) is 11.0 Å². The number of hydrogen-bond acceptors (Lipinski definition) is 5. The van der Waals surface area contributed by atoms with Gasteiger partial charge in [-0.3, -0.25) is 0 Å². The summed E-state index contributed by atoms with van der Waals surface area (Å²) in [5.41, 5.74) is 1.02. The second-order valence-corrected chi connectivity index (χ2v) is 7.58. The maximum absolute atomic E-state index is 11.8. The lowest BCUT2D eigenvalue weighted by Gasteiger charge is -2.34. The largest absolute Gasteiger partial charge is 0.370 e. The van der Waals surface area contributed by atoms with Gasteiger partial charge in [0.25, 0.3) is 0 Å². The molecule has 1 aromatic carbocycles. The van der Waals surface area contributed by atoms with Gasteiger partial charge in [0.2, 0.25) is 10.0 Å². The van der Waals surface area contributed by atoms with Gasteiger partial charge in [-0.25, -0.2) is 18.5 Å². The number of sulfonamides is 1. The van der Waals surface area contributed by atoms with E-state index in [2.05, 4.69) is 20.9 Å². The highest BCUT2D eigenvalue weighted by atomic mass is 79.9. The predicted molar refractivity (Wildman–Crippen MR) is 90.7 cm³/mol. The number of ether oxygens (including phenoxy) is 1. The monoisotopic (exact) mass is 397 g/mol. The van der Waals surface area contributed by atoms with Gasteiger partial charge in [-0.1, -0.05) is 34.1 Å². The Balaban J connectivity index is 1.93. The molecule has 0 spiro atoms. The van der Waals surface area contributed by atoms with E-state index in [0.717, 1.165) is 10.0 Å². The molecular formula is C15H16BrN3O3S. The Hall–Kier alpha value is -1.48. The molecule has 1 aliphatic heterocycles. The number of hydrogen-bond donors (Lipinski definition) is 1. The van der Waals surface area contributed by atoms with E-state index in [0.29, 0.717) is 25.5 Å². The molecule has 2 aromatic rings. The third-order valence-corrected chi connectivity index (χ3v) is 5.33. The van der Waals surface area contributed by atoms with Crippen LogP contribution in [0.4, 0.5) is 5.82 Å². The van der Waals surface area contributed by atoms with E-state index in [9.17, 15) is 8.42 Å². The maximum atomic E-state index is 11.8. The zero-order chi connectivity index (χ0) is 16.4. The molecule has 0 amide bonds. The first-order chi connectivity index (χ1) is 11.0. The first-order valence-corrected chi connectivity index (χ1v) is 9.39. The Morgan fingerprint density at radius 2 is 2.04 bits per heavy atom. The molecule has 23 heavy (non-hydrogen) atoms. The van der Waals surface area contributed by atoms with Crippen molar-refractivity contribution in [2.24, 2.45) is 5.14 Å². The standard InChI is InChI=1S/C15H16BrN3O3S/c16-12-5-2-1-4-11(12)13-10-19(8-9-22-13)15-14(23(17,20)21)6-3-7-18-15/h1-7,13H,8-10H2,(H2,17,20,21)/t13-/m0/s1. The molecule has 2 heterocycles. The Kier molecular flexibility index (Phi) is 4.67. The van der Waals surface area contributed by atoms with Gasteiger partial charge in [-0.15, -0.1) is 0 Å².